The van der Waals surface area contributed by atoms with E-state index in [0.29, 0.717) is 17.8 Å². The van der Waals surface area contributed by atoms with E-state index in [1.54, 1.807) is 73.3 Å². The first-order valence-electron chi connectivity index (χ1n) is 8.10. The number of carbonyl (C=O) groups excluding carboxylic acids is 1. The molecule has 0 aromatic heterocycles. The minimum absolute atomic E-state index is 0.227. The summed E-state index contributed by atoms with van der Waals surface area (Å²) in [4.78, 5) is 13.2. The van der Waals surface area contributed by atoms with Gasteiger partial charge in [0.1, 0.15) is 0 Å². The number of amides is 1. The van der Waals surface area contributed by atoms with E-state index in [1.165, 1.54) is 4.31 Å². The zero-order valence-corrected chi connectivity index (χ0v) is 16.4. The zero-order valence-electron chi connectivity index (χ0n) is 14.8. The summed E-state index contributed by atoms with van der Waals surface area (Å²) < 4.78 is 27.2. The van der Waals surface area contributed by atoms with E-state index in [9.17, 15) is 13.2 Å². The number of benzene rings is 2. The smallest absolute Gasteiger partial charge is 0.264 e. The summed E-state index contributed by atoms with van der Waals surface area (Å²) in [5, 5.41) is 2.69. The van der Waals surface area contributed by atoms with E-state index in [1.807, 2.05) is 6.26 Å². The van der Waals surface area contributed by atoms with Crippen LogP contribution >= 0.6 is 11.8 Å². The van der Waals surface area contributed by atoms with Crippen LogP contribution in [-0.4, -0.2) is 33.7 Å². The maximum absolute atomic E-state index is 13.0. The second-order valence-electron chi connectivity index (χ2n) is 5.39. The summed E-state index contributed by atoms with van der Waals surface area (Å²) in [6.45, 7) is 5.99. The Morgan fingerprint density at radius 2 is 1.77 bits per heavy atom. The highest BCUT2D eigenvalue weighted by atomic mass is 32.2. The van der Waals surface area contributed by atoms with Gasteiger partial charge in [-0.1, -0.05) is 6.08 Å². The SMILES string of the molecule is C=CCNC(=O)c1ccc(N(CC)S(=O)(=O)c2ccc(SC)cc2)cc1. The number of carbonyl (C=O) groups is 1. The standard InChI is InChI=1S/C19H22N2O3S2/c1-4-14-20-19(22)15-6-8-16(9-7-15)21(5-2)26(23,24)18-12-10-17(25-3)11-13-18/h4,6-13H,1,5,14H2,2-3H3,(H,20,22). The summed E-state index contributed by atoms with van der Waals surface area (Å²) >= 11 is 1.56. The Labute approximate surface area is 159 Å². The molecule has 0 atom stereocenters. The van der Waals surface area contributed by atoms with Gasteiger partial charge in [0.25, 0.3) is 15.9 Å². The van der Waals surface area contributed by atoms with Gasteiger partial charge in [0.15, 0.2) is 0 Å². The van der Waals surface area contributed by atoms with Crippen LogP contribution in [0.1, 0.15) is 17.3 Å². The number of nitrogens with zero attached hydrogens (tertiary/aromatic N) is 1. The van der Waals surface area contributed by atoms with Crippen molar-refractivity contribution in [3.63, 3.8) is 0 Å². The van der Waals surface area contributed by atoms with Gasteiger partial charge < -0.3 is 5.32 Å². The molecule has 2 aromatic rings. The summed E-state index contributed by atoms with van der Waals surface area (Å²) in [5.41, 5.74) is 0.982. The molecule has 1 N–H and O–H groups in total. The molecule has 0 spiro atoms. The quantitative estimate of drug-likeness (QED) is 0.553. The Balaban J connectivity index is 2.28. The van der Waals surface area contributed by atoms with E-state index >= 15 is 0 Å². The van der Waals surface area contributed by atoms with Gasteiger partial charge >= 0.3 is 0 Å². The monoisotopic (exact) mass is 390 g/mol. The summed E-state index contributed by atoms with van der Waals surface area (Å²) in [6.07, 6.45) is 3.54. The zero-order chi connectivity index (χ0) is 19.2. The number of sulfonamides is 1. The van der Waals surface area contributed by atoms with Crippen molar-refractivity contribution in [2.24, 2.45) is 0 Å². The molecule has 0 aliphatic carbocycles. The van der Waals surface area contributed by atoms with Crippen LogP contribution in [0.3, 0.4) is 0 Å². The largest absolute Gasteiger partial charge is 0.349 e. The van der Waals surface area contributed by atoms with Gasteiger partial charge in [0.2, 0.25) is 0 Å². The van der Waals surface area contributed by atoms with Crippen LogP contribution in [0.25, 0.3) is 0 Å². The fourth-order valence-electron chi connectivity index (χ4n) is 2.41. The van der Waals surface area contributed by atoms with Crippen LogP contribution in [0.2, 0.25) is 0 Å². The number of anilines is 1. The van der Waals surface area contributed by atoms with Crippen LogP contribution in [0.4, 0.5) is 5.69 Å². The molecular formula is C19H22N2O3S2. The Hall–Kier alpha value is -2.25. The van der Waals surface area contributed by atoms with Crippen LogP contribution < -0.4 is 9.62 Å². The van der Waals surface area contributed by atoms with Gasteiger partial charge in [-0.15, -0.1) is 18.3 Å². The van der Waals surface area contributed by atoms with Gasteiger partial charge in [0, 0.05) is 23.5 Å². The third kappa shape index (κ3) is 4.47. The van der Waals surface area contributed by atoms with Gasteiger partial charge in [-0.25, -0.2) is 8.42 Å². The molecule has 0 saturated carbocycles. The molecule has 0 radical (unpaired) electrons. The highest BCUT2D eigenvalue weighted by molar-refractivity contribution is 7.98. The van der Waals surface area contributed by atoms with Crippen molar-refractivity contribution in [3.05, 3.63) is 66.7 Å². The second kappa shape index (κ2) is 8.91. The lowest BCUT2D eigenvalue weighted by Gasteiger charge is -2.23. The number of hydrogen-bond acceptors (Lipinski definition) is 4. The lowest BCUT2D eigenvalue weighted by atomic mass is 10.2. The molecule has 1 amide bonds. The predicted octanol–water partition coefficient (Wildman–Crippen LogP) is 3.54. The maximum atomic E-state index is 13.0. The highest BCUT2D eigenvalue weighted by Crippen LogP contribution is 2.25. The molecule has 0 fully saturated rings. The van der Waals surface area contributed by atoms with Crippen molar-refractivity contribution < 1.29 is 13.2 Å². The molecule has 2 aromatic carbocycles. The Kier molecular flexibility index (Phi) is 6.88. The Bertz CT molecular complexity index is 861. The van der Waals surface area contributed by atoms with Crippen molar-refractivity contribution in [2.75, 3.05) is 23.7 Å². The molecule has 0 saturated heterocycles. The minimum Gasteiger partial charge on any atom is -0.349 e. The molecule has 0 bridgehead atoms. The molecule has 0 aliphatic rings. The molecule has 138 valence electrons. The summed E-state index contributed by atoms with van der Waals surface area (Å²) in [7, 11) is -3.67. The third-order valence-electron chi connectivity index (χ3n) is 3.76. The number of thioether (sulfide) groups is 1. The first-order chi connectivity index (χ1) is 12.4. The predicted molar refractivity (Wildman–Crippen MR) is 107 cm³/mol. The molecule has 7 heteroatoms. The van der Waals surface area contributed by atoms with Crippen molar-refractivity contribution in [1.82, 2.24) is 5.32 Å². The Morgan fingerprint density at radius 3 is 2.27 bits per heavy atom. The van der Waals surface area contributed by atoms with E-state index in [2.05, 4.69) is 11.9 Å². The van der Waals surface area contributed by atoms with E-state index in [4.69, 9.17) is 0 Å². The van der Waals surface area contributed by atoms with Crippen molar-refractivity contribution >= 4 is 33.4 Å². The Morgan fingerprint density at radius 1 is 1.15 bits per heavy atom. The van der Waals surface area contributed by atoms with Gasteiger partial charge in [-0.3, -0.25) is 9.10 Å². The molecule has 26 heavy (non-hydrogen) atoms. The molecule has 0 aliphatic heterocycles. The van der Waals surface area contributed by atoms with Crippen molar-refractivity contribution in [1.29, 1.82) is 0 Å². The first kappa shape index (κ1) is 20.1. The van der Waals surface area contributed by atoms with Crippen LogP contribution in [0.15, 0.2) is 71.0 Å². The topological polar surface area (TPSA) is 66.5 Å². The second-order valence-corrected chi connectivity index (χ2v) is 8.13. The average Bonchev–Trinajstić information content (AvgIpc) is 2.67. The first-order valence-corrected chi connectivity index (χ1v) is 10.8. The molecule has 0 heterocycles. The molecule has 0 unspecified atom stereocenters. The van der Waals surface area contributed by atoms with E-state index in [0.717, 1.165) is 4.90 Å². The summed E-state index contributed by atoms with van der Waals surface area (Å²) in [6, 6.07) is 13.3. The maximum Gasteiger partial charge on any atom is 0.264 e. The number of rotatable bonds is 8. The molecule has 5 nitrogen and oxygen atoms in total. The number of hydrogen-bond donors (Lipinski definition) is 1. The fraction of sp³-hybridized carbons (Fsp3) is 0.211. The lowest BCUT2D eigenvalue weighted by Crippen LogP contribution is -2.31. The number of nitrogens with one attached hydrogen (secondary N) is 1. The summed E-state index contributed by atoms with van der Waals surface area (Å²) in [5.74, 6) is -0.227. The van der Waals surface area contributed by atoms with Crippen LogP contribution in [0.5, 0.6) is 0 Å². The van der Waals surface area contributed by atoms with Crippen LogP contribution in [-0.2, 0) is 10.0 Å². The molecular weight excluding hydrogens is 368 g/mol. The lowest BCUT2D eigenvalue weighted by molar-refractivity contribution is 0.0958. The average molecular weight is 391 g/mol. The van der Waals surface area contributed by atoms with E-state index in [-0.39, 0.29) is 17.3 Å². The van der Waals surface area contributed by atoms with Crippen molar-refractivity contribution in [2.45, 2.75) is 16.7 Å². The molecule has 2 rings (SSSR count). The normalized spacial score (nSPS) is 11.0. The third-order valence-corrected chi connectivity index (χ3v) is 6.42. The van der Waals surface area contributed by atoms with E-state index < -0.39 is 10.0 Å². The fourth-order valence-corrected chi connectivity index (χ4v) is 4.29. The van der Waals surface area contributed by atoms with Gasteiger partial charge in [-0.2, -0.15) is 0 Å². The van der Waals surface area contributed by atoms with Crippen LogP contribution in [0, 0.1) is 0 Å². The highest BCUT2D eigenvalue weighted by Gasteiger charge is 2.23. The van der Waals surface area contributed by atoms with Crippen molar-refractivity contribution in [3.8, 4) is 0 Å². The van der Waals surface area contributed by atoms with Gasteiger partial charge in [0.05, 0.1) is 10.6 Å². The van der Waals surface area contributed by atoms with Gasteiger partial charge in [-0.05, 0) is 61.7 Å². The minimum atomic E-state index is -3.67.